The van der Waals surface area contributed by atoms with Crippen LogP contribution in [-0.2, 0) is 14.9 Å². The van der Waals surface area contributed by atoms with Gasteiger partial charge in [0.25, 0.3) is 0 Å². The number of carbonyl (C=O) groups excluding carboxylic acids is 1. The molecule has 2 N–H and O–H groups in total. The Balaban J connectivity index is 4.09. The van der Waals surface area contributed by atoms with Crippen LogP contribution in [-0.4, -0.2) is 32.0 Å². The summed E-state index contributed by atoms with van der Waals surface area (Å²) < 4.78 is 30.9. The summed E-state index contributed by atoms with van der Waals surface area (Å²) in [4.78, 5) is 10.9. The summed E-state index contributed by atoms with van der Waals surface area (Å²) >= 11 is 3.16. The van der Waals surface area contributed by atoms with E-state index in [0.29, 0.717) is 0 Å². The lowest BCUT2D eigenvalue weighted by molar-refractivity contribution is 0.121. The van der Waals surface area contributed by atoms with Gasteiger partial charge in [0.05, 0.1) is 6.10 Å². The van der Waals surface area contributed by atoms with Crippen LogP contribution in [0, 0.1) is 0 Å². The lowest BCUT2D eigenvalue weighted by Gasteiger charge is -2.11. The highest BCUT2D eigenvalue weighted by atomic mass is 79.9. The van der Waals surface area contributed by atoms with E-state index in [-0.39, 0.29) is 17.5 Å². The van der Waals surface area contributed by atoms with E-state index in [4.69, 9.17) is 0 Å². The molecule has 8 heteroatoms. The SMILES string of the molecule is CC(Br)CNS(=O)(=O)NC(=O)OC(C)C. The van der Waals surface area contributed by atoms with E-state index in [0.717, 1.165) is 0 Å². The third-order valence-corrected chi connectivity index (χ3v) is 2.42. The molecular formula is C7H15BrN2O4S. The molecule has 0 rings (SSSR count). The lowest BCUT2D eigenvalue weighted by atomic mass is 10.5. The van der Waals surface area contributed by atoms with E-state index in [1.807, 2.05) is 0 Å². The molecule has 0 aromatic rings. The molecule has 0 radical (unpaired) electrons. The third kappa shape index (κ3) is 8.64. The van der Waals surface area contributed by atoms with Crippen LogP contribution in [0.2, 0.25) is 0 Å². The van der Waals surface area contributed by atoms with Gasteiger partial charge in [0.2, 0.25) is 0 Å². The molecule has 90 valence electrons. The van der Waals surface area contributed by atoms with Crippen LogP contribution in [0.1, 0.15) is 20.8 Å². The van der Waals surface area contributed by atoms with Crippen LogP contribution in [0.4, 0.5) is 4.79 Å². The number of nitrogens with one attached hydrogen (secondary N) is 2. The van der Waals surface area contributed by atoms with E-state index >= 15 is 0 Å². The van der Waals surface area contributed by atoms with Crippen LogP contribution in [0.3, 0.4) is 0 Å². The van der Waals surface area contributed by atoms with E-state index in [1.165, 1.54) is 0 Å². The van der Waals surface area contributed by atoms with Gasteiger partial charge in [0.1, 0.15) is 0 Å². The predicted octanol–water partition coefficient (Wildman–Crippen LogP) is 0.739. The molecule has 1 atom stereocenters. The van der Waals surface area contributed by atoms with E-state index in [2.05, 4.69) is 25.4 Å². The Kier molecular flexibility index (Phi) is 6.15. The Morgan fingerprint density at radius 3 is 2.33 bits per heavy atom. The summed E-state index contributed by atoms with van der Waals surface area (Å²) in [7, 11) is -3.83. The Bertz CT molecular complexity index is 302. The Morgan fingerprint density at radius 2 is 1.93 bits per heavy atom. The van der Waals surface area contributed by atoms with Crippen molar-refractivity contribution in [2.24, 2.45) is 0 Å². The molecule has 0 heterocycles. The summed E-state index contributed by atoms with van der Waals surface area (Å²) in [6.07, 6.45) is -1.35. The average Bonchev–Trinajstić information content (AvgIpc) is 1.98. The van der Waals surface area contributed by atoms with Gasteiger partial charge in [-0.05, 0) is 13.8 Å². The summed E-state index contributed by atoms with van der Waals surface area (Å²) in [5.41, 5.74) is 0. The standard InChI is InChI=1S/C7H15BrN2O4S/c1-5(2)14-7(11)10-15(12,13)9-4-6(3)8/h5-6,9H,4H2,1-3H3,(H,10,11). The lowest BCUT2D eigenvalue weighted by Crippen LogP contribution is -2.42. The number of carbonyl (C=O) groups is 1. The van der Waals surface area contributed by atoms with Gasteiger partial charge in [-0.25, -0.2) is 9.52 Å². The molecular weight excluding hydrogens is 288 g/mol. The maximum absolute atomic E-state index is 11.2. The van der Waals surface area contributed by atoms with Crippen LogP contribution in [0.15, 0.2) is 0 Å². The van der Waals surface area contributed by atoms with Gasteiger partial charge < -0.3 is 4.74 Å². The highest BCUT2D eigenvalue weighted by molar-refractivity contribution is 9.09. The number of hydrogen-bond donors (Lipinski definition) is 2. The Hall–Kier alpha value is -0.340. The first-order valence-electron chi connectivity index (χ1n) is 4.35. The van der Waals surface area contributed by atoms with E-state index in [1.54, 1.807) is 25.5 Å². The smallest absolute Gasteiger partial charge is 0.422 e. The number of alkyl halides is 1. The fourth-order valence-corrected chi connectivity index (χ4v) is 1.79. The zero-order valence-corrected chi connectivity index (χ0v) is 11.2. The molecule has 0 saturated heterocycles. The average molecular weight is 303 g/mol. The van der Waals surface area contributed by atoms with Crippen LogP contribution < -0.4 is 9.44 Å². The quantitative estimate of drug-likeness (QED) is 0.734. The number of ether oxygens (including phenoxy) is 1. The summed E-state index contributed by atoms with van der Waals surface area (Å²) in [5.74, 6) is 0. The minimum Gasteiger partial charge on any atom is -0.446 e. The van der Waals surface area contributed by atoms with Gasteiger partial charge >= 0.3 is 16.3 Å². The van der Waals surface area contributed by atoms with Crippen molar-refractivity contribution in [3.8, 4) is 0 Å². The molecule has 0 aliphatic carbocycles. The highest BCUT2D eigenvalue weighted by Gasteiger charge is 2.16. The first kappa shape index (κ1) is 14.7. The zero-order chi connectivity index (χ0) is 12.1. The van der Waals surface area contributed by atoms with E-state index < -0.39 is 16.3 Å². The zero-order valence-electron chi connectivity index (χ0n) is 8.78. The molecule has 6 nitrogen and oxygen atoms in total. The van der Waals surface area contributed by atoms with Crippen LogP contribution in [0.25, 0.3) is 0 Å². The number of amides is 1. The fourth-order valence-electron chi connectivity index (χ4n) is 0.608. The molecule has 0 spiro atoms. The largest absolute Gasteiger partial charge is 0.446 e. The van der Waals surface area contributed by atoms with Crippen molar-refractivity contribution in [3.63, 3.8) is 0 Å². The molecule has 1 amide bonds. The minimum absolute atomic E-state index is 0.0183. The second-order valence-corrected chi connectivity index (χ2v) is 6.25. The van der Waals surface area contributed by atoms with Crippen molar-refractivity contribution in [1.82, 2.24) is 9.44 Å². The number of rotatable bonds is 5. The van der Waals surface area contributed by atoms with Gasteiger partial charge in [-0.1, -0.05) is 22.9 Å². The number of hydrogen-bond acceptors (Lipinski definition) is 4. The molecule has 0 aromatic carbocycles. The van der Waals surface area contributed by atoms with Crippen molar-refractivity contribution >= 4 is 32.2 Å². The first-order chi connectivity index (χ1) is 6.73. The van der Waals surface area contributed by atoms with Crippen molar-refractivity contribution < 1.29 is 17.9 Å². The molecule has 15 heavy (non-hydrogen) atoms. The second kappa shape index (κ2) is 6.29. The van der Waals surface area contributed by atoms with Gasteiger partial charge in [-0.2, -0.15) is 13.1 Å². The minimum atomic E-state index is -3.83. The van der Waals surface area contributed by atoms with Crippen molar-refractivity contribution in [2.45, 2.75) is 31.7 Å². The molecule has 0 aliphatic heterocycles. The van der Waals surface area contributed by atoms with Crippen LogP contribution >= 0.6 is 15.9 Å². The topological polar surface area (TPSA) is 84.5 Å². The van der Waals surface area contributed by atoms with Crippen LogP contribution in [0.5, 0.6) is 0 Å². The summed E-state index contributed by atoms with van der Waals surface area (Å²) in [6.45, 7) is 5.21. The van der Waals surface area contributed by atoms with Gasteiger partial charge in [-0.3, -0.25) is 0 Å². The van der Waals surface area contributed by atoms with Gasteiger partial charge in [0.15, 0.2) is 0 Å². The molecule has 1 unspecified atom stereocenters. The number of halogens is 1. The maximum atomic E-state index is 11.2. The summed E-state index contributed by atoms with van der Waals surface area (Å²) in [6, 6.07) is 0. The molecule has 0 aromatic heterocycles. The Morgan fingerprint density at radius 1 is 1.40 bits per heavy atom. The fraction of sp³-hybridized carbons (Fsp3) is 0.857. The van der Waals surface area contributed by atoms with Gasteiger partial charge in [0, 0.05) is 11.4 Å². The van der Waals surface area contributed by atoms with Crippen molar-refractivity contribution in [2.75, 3.05) is 6.54 Å². The molecule has 0 bridgehead atoms. The highest BCUT2D eigenvalue weighted by Crippen LogP contribution is 1.95. The second-order valence-electron chi connectivity index (χ2n) is 3.19. The molecule has 0 aliphatic rings. The van der Waals surface area contributed by atoms with Crippen molar-refractivity contribution in [3.05, 3.63) is 0 Å². The monoisotopic (exact) mass is 302 g/mol. The van der Waals surface area contributed by atoms with Gasteiger partial charge in [-0.15, -0.1) is 0 Å². The normalized spacial score (nSPS) is 13.7. The Labute approximate surface area is 98.1 Å². The third-order valence-electron chi connectivity index (χ3n) is 1.12. The molecule has 0 fully saturated rings. The van der Waals surface area contributed by atoms with Crippen molar-refractivity contribution in [1.29, 1.82) is 0 Å². The first-order valence-corrected chi connectivity index (χ1v) is 6.75. The predicted molar refractivity (Wildman–Crippen MR) is 60.1 cm³/mol. The maximum Gasteiger partial charge on any atom is 0.422 e. The summed E-state index contributed by atoms with van der Waals surface area (Å²) in [5, 5.41) is 0. The molecule has 0 saturated carbocycles. The van der Waals surface area contributed by atoms with E-state index in [9.17, 15) is 13.2 Å².